The van der Waals surface area contributed by atoms with Crippen molar-refractivity contribution in [2.45, 2.75) is 6.54 Å². The van der Waals surface area contributed by atoms with Gasteiger partial charge in [0, 0.05) is 5.56 Å². The summed E-state index contributed by atoms with van der Waals surface area (Å²) in [7, 11) is 0. The second-order valence-electron chi connectivity index (χ2n) is 4.70. The van der Waals surface area contributed by atoms with Crippen LogP contribution in [0.5, 0.6) is 0 Å². The first kappa shape index (κ1) is 13.1. The van der Waals surface area contributed by atoms with Crippen molar-refractivity contribution in [3.05, 3.63) is 74.6 Å². The normalized spacial score (nSPS) is 10.9. The Morgan fingerprint density at radius 1 is 1.05 bits per heavy atom. The maximum absolute atomic E-state index is 13.9. The predicted octanol–water partition coefficient (Wildman–Crippen LogP) is 1.46. The summed E-state index contributed by atoms with van der Waals surface area (Å²) in [5.41, 5.74) is 4.96. The zero-order chi connectivity index (χ0) is 15.0. The molecular formula is C15H12FN3O2. The fraction of sp³-hybridized carbons (Fsp3) is 0.0667. The van der Waals surface area contributed by atoms with Crippen LogP contribution >= 0.6 is 0 Å². The van der Waals surface area contributed by atoms with E-state index in [1.54, 1.807) is 30.3 Å². The Morgan fingerprint density at radius 3 is 2.52 bits per heavy atom. The molecule has 5 nitrogen and oxygen atoms in total. The van der Waals surface area contributed by atoms with Crippen molar-refractivity contribution in [1.82, 2.24) is 9.78 Å². The van der Waals surface area contributed by atoms with Gasteiger partial charge in [-0.25, -0.2) is 9.07 Å². The second-order valence-corrected chi connectivity index (χ2v) is 4.70. The molecule has 0 unspecified atom stereocenters. The first-order valence-electron chi connectivity index (χ1n) is 6.32. The van der Waals surface area contributed by atoms with E-state index in [4.69, 9.17) is 5.73 Å². The molecule has 0 radical (unpaired) electrons. The van der Waals surface area contributed by atoms with E-state index in [1.165, 1.54) is 12.1 Å². The Morgan fingerprint density at radius 2 is 1.76 bits per heavy atom. The number of hydrogen-bond donors (Lipinski definition) is 2. The van der Waals surface area contributed by atoms with E-state index < -0.39 is 11.4 Å². The maximum Gasteiger partial charge on any atom is 0.273 e. The lowest BCUT2D eigenvalue weighted by Crippen LogP contribution is -2.30. The van der Waals surface area contributed by atoms with Crippen molar-refractivity contribution in [3.63, 3.8) is 0 Å². The molecule has 0 spiro atoms. The van der Waals surface area contributed by atoms with Crippen molar-refractivity contribution in [1.29, 1.82) is 0 Å². The smallest absolute Gasteiger partial charge is 0.273 e. The molecule has 3 aromatic rings. The molecule has 21 heavy (non-hydrogen) atoms. The van der Waals surface area contributed by atoms with Crippen LogP contribution in [0.2, 0.25) is 0 Å². The number of hydrogen-bond acceptors (Lipinski definition) is 3. The number of nitrogens with zero attached hydrogens (tertiary/aromatic N) is 1. The summed E-state index contributed by atoms with van der Waals surface area (Å²) in [6.07, 6.45) is 0. The molecule has 3 N–H and O–H groups in total. The quantitative estimate of drug-likeness (QED) is 0.699. The van der Waals surface area contributed by atoms with Crippen LogP contribution in [0.4, 0.5) is 10.1 Å². The Labute approximate surface area is 118 Å². The van der Waals surface area contributed by atoms with Crippen LogP contribution in [0.1, 0.15) is 5.56 Å². The number of halogens is 1. The highest BCUT2D eigenvalue weighted by Crippen LogP contribution is 2.15. The molecule has 0 atom stereocenters. The van der Waals surface area contributed by atoms with Gasteiger partial charge in [0.05, 0.1) is 23.0 Å². The zero-order valence-electron chi connectivity index (χ0n) is 11.0. The highest BCUT2D eigenvalue weighted by Gasteiger charge is 2.10. The van der Waals surface area contributed by atoms with Gasteiger partial charge in [-0.2, -0.15) is 0 Å². The molecule has 0 fully saturated rings. The largest absolute Gasteiger partial charge is 0.396 e. The molecule has 0 saturated heterocycles. The van der Waals surface area contributed by atoms with Crippen LogP contribution in [0.25, 0.3) is 10.8 Å². The number of H-pyrrole nitrogens is 1. The van der Waals surface area contributed by atoms with Gasteiger partial charge in [-0.15, -0.1) is 0 Å². The number of nitrogens with one attached hydrogen (secondary N) is 1. The molecule has 2 aromatic carbocycles. The van der Waals surface area contributed by atoms with E-state index >= 15 is 0 Å². The van der Waals surface area contributed by atoms with Crippen LogP contribution in [-0.2, 0) is 6.54 Å². The summed E-state index contributed by atoms with van der Waals surface area (Å²) < 4.78 is 15.0. The molecule has 1 aromatic heterocycles. The number of aromatic nitrogens is 2. The predicted molar refractivity (Wildman–Crippen MR) is 78.7 cm³/mol. The first-order valence-corrected chi connectivity index (χ1v) is 6.32. The Balaban J connectivity index is 2.18. The van der Waals surface area contributed by atoms with Crippen LogP contribution < -0.4 is 16.9 Å². The van der Waals surface area contributed by atoms with Crippen molar-refractivity contribution < 1.29 is 4.39 Å². The van der Waals surface area contributed by atoms with E-state index in [9.17, 15) is 14.0 Å². The molecule has 0 aliphatic heterocycles. The Kier molecular flexibility index (Phi) is 3.06. The molecular weight excluding hydrogens is 273 g/mol. The summed E-state index contributed by atoms with van der Waals surface area (Å²) >= 11 is 0. The molecule has 3 rings (SSSR count). The average Bonchev–Trinajstić information content (AvgIpc) is 2.49. The number of nitrogen functional groups attached to an aromatic ring is 1. The lowest BCUT2D eigenvalue weighted by Gasteiger charge is -2.09. The van der Waals surface area contributed by atoms with Gasteiger partial charge in [0.25, 0.3) is 11.1 Å². The molecule has 1 heterocycles. The average molecular weight is 285 g/mol. The molecule has 0 aliphatic rings. The van der Waals surface area contributed by atoms with Crippen molar-refractivity contribution >= 4 is 16.5 Å². The first-order chi connectivity index (χ1) is 10.1. The van der Waals surface area contributed by atoms with Gasteiger partial charge >= 0.3 is 0 Å². The summed E-state index contributed by atoms with van der Waals surface area (Å²) in [6, 6.07) is 11.0. The Bertz CT molecular complexity index is 944. The van der Waals surface area contributed by atoms with Crippen LogP contribution in [-0.4, -0.2) is 9.78 Å². The maximum atomic E-state index is 13.9. The van der Waals surface area contributed by atoms with E-state index in [0.717, 1.165) is 4.68 Å². The monoisotopic (exact) mass is 285 g/mol. The lowest BCUT2D eigenvalue weighted by molar-refractivity contribution is 0.575. The number of nitrogens with two attached hydrogens (primary N) is 1. The third-order valence-corrected chi connectivity index (χ3v) is 3.32. The van der Waals surface area contributed by atoms with Gasteiger partial charge in [0.2, 0.25) is 0 Å². The van der Waals surface area contributed by atoms with Crippen molar-refractivity contribution in [2.75, 3.05) is 5.73 Å². The van der Waals surface area contributed by atoms with Crippen molar-refractivity contribution in [2.24, 2.45) is 0 Å². The summed E-state index contributed by atoms with van der Waals surface area (Å²) in [5.74, 6) is -0.585. The number of benzene rings is 2. The minimum atomic E-state index is -0.585. The minimum Gasteiger partial charge on any atom is -0.396 e. The molecule has 0 aliphatic carbocycles. The van der Waals surface area contributed by atoms with Gasteiger partial charge in [0.15, 0.2) is 5.82 Å². The third kappa shape index (κ3) is 2.20. The molecule has 0 saturated carbocycles. The minimum absolute atomic E-state index is 0.00341. The molecule has 106 valence electrons. The van der Waals surface area contributed by atoms with Gasteiger partial charge in [0.1, 0.15) is 0 Å². The SMILES string of the molecule is Nc1cccc(Cn2[nH]c(=O)c3ccccc3c2=O)c1F. The number of rotatable bonds is 2. The third-order valence-electron chi connectivity index (χ3n) is 3.32. The van der Waals surface area contributed by atoms with E-state index in [2.05, 4.69) is 5.10 Å². The fourth-order valence-electron chi connectivity index (χ4n) is 2.25. The van der Waals surface area contributed by atoms with Gasteiger partial charge in [-0.05, 0) is 18.2 Å². The highest BCUT2D eigenvalue weighted by atomic mass is 19.1. The molecule has 6 heteroatoms. The lowest BCUT2D eigenvalue weighted by atomic mass is 10.1. The van der Waals surface area contributed by atoms with Gasteiger partial charge in [-0.3, -0.25) is 14.7 Å². The van der Waals surface area contributed by atoms with Crippen LogP contribution in [0.3, 0.4) is 0 Å². The summed E-state index contributed by atoms with van der Waals surface area (Å²) in [6.45, 7) is -0.0875. The zero-order valence-corrected chi connectivity index (χ0v) is 11.0. The molecule has 0 amide bonds. The van der Waals surface area contributed by atoms with Crippen LogP contribution in [0, 0.1) is 5.82 Å². The number of fused-ring (bicyclic) bond motifs is 1. The topological polar surface area (TPSA) is 80.9 Å². The van der Waals surface area contributed by atoms with E-state index in [0.29, 0.717) is 10.8 Å². The fourth-order valence-corrected chi connectivity index (χ4v) is 2.25. The molecule has 0 bridgehead atoms. The van der Waals surface area contributed by atoms with Crippen LogP contribution in [0.15, 0.2) is 52.1 Å². The summed E-state index contributed by atoms with van der Waals surface area (Å²) in [4.78, 5) is 24.3. The highest BCUT2D eigenvalue weighted by molar-refractivity contribution is 5.80. The Hall–Kier alpha value is -2.89. The number of anilines is 1. The van der Waals surface area contributed by atoms with Gasteiger partial charge in [-0.1, -0.05) is 24.3 Å². The second kappa shape index (κ2) is 4.90. The standard InChI is InChI=1S/C15H12FN3O2/c16-13-9(4-3-7-12(13)17)8-19-15(21)11-6-2-1-5-10(11)14(20)18-19/h1-7H,8,17H2,(H,18,20). The summed E-state index contributed by atoms with van der Waals surface area (Å²) in [5, 5.41) is 3.06. The van der Waals surface area contributed by atoms with E-state index in [-0.39, 0.29) is 23.4 Å². The van der Waals surface area contributed by atoms with E-state index in [1.807, 2.05) is 0 Å². The number of aromatic amines is 1. The van der Waals surface area contributed by atoms with Crippen molar-refractivity contribution in [3.8, 4) is 0 Å². The van der Waals surface area contributed by atoms with Gasteiger partial charge < -0.3 is 5.73 Å².